The van der Waals surface area contributed by atoms with E-state index in [-0.39, 0.29) is 12.6 Å². The van der Waals surface area contributed by atoms with Crippen molar-refractivity contribution in [2.45, 2.75) is 64.0 Å². The third kappa shape index (κ3) is 4.63. The predicted molar refractivity (Wildman–Crippen MR) is 55.8 cm³/mol. The third-order valence-corrected chi connectivity index (χ3v) is 2.90. The fourth-order valence-electron chi connectivity index (χ4n) is 2.08. The molecule has 1 saturated carbocycles. The topological polar surface area (TPSA) is 32.3 Å². The molecule has 0 aliphatic heterocycles. The smallest absolute Gasteiger partial charge is 0.0582 e. The van der Waals surface area contributed by atoms with Gasteiger partial charge < -0.3 is 10.4 Å². The van der Waals surface area contributed by atoms with E-state index in [0.29, 0.717) is 6.04 Å². The van der Waals surface area contributed by atoms with Crippen LogP contribution >= 0.6 is 0 Å². The molecule has 0 bridgehead atoms. The summed E-state index contributed by atoms with van der Waals surface area (Å²) in [6.45, 7) is 2.31. The molecule has 13 heavy (non-hydrogen) atoms. The van der Waals surface area contributed by atoms with Gasteiger partial charge in [-0.3, -0.25) is 0 Å². The van der Waals surface area contributed by atoms with Gasteiger partial charge in [-0.05, 0) is 19.8 Å². The van der Waals surface area contributed by atoms with Gasteiger partial charge in [-0.15, -0.1) is 0 Å². The molecular formula is C11H23NO. The molecule has 2 N–H and O–H groups in total. The maximum absolute atomic E-state index is 8.93. The van der Waals surface area contributed by atoms with Gasteiger partial charge in [-0.1, -0.05) is 32.1 Å². The molecule has 1 rings (SSSR count). The normalized spacial score (nSPS) is 23.5. The van der Waals surface area contributed by atoms with Crippen molar-refractivity contribution in [1.82, 2.24) is 5.32 Å². The minimum atomic E-state index is 0.260. The summed E-state index contributed by atoms with van der Waals surface area (Å²) in [5, 5.41) is 12.4. The number of aliphatic hydroxyl groups is 1. The van der Waals surface area contributed by atoms with E-state index < -0.39 is 0 Å². The summed E-state index contributed by atoms with van der Waals surface area (Å²) in [5.41, 5.74) is 0. The highest BCUT2D eigenvalue weighted by Gasteiger charge is 2.12. The van der Waals surface area contributed by atoms with E-state index >= 15 is 0 Å². The third-order valence-electron chi connectivity index (χ3n) is 2.90. The molecule has 2 nitrogen and oxygen atoms in total. The van der Waals surface area contributed by atoms with E-state index in [2.05, 4.69) is 12.2 Å². The van der Waals surface area contributed by atoms with Gasteiger partial charge in [0.25, 0.3) is 0 Å². The molecule has 0 radical (unpaired) electrons. The summed E-state index contributed by atoms with van der Waals surface area (Å²) in [4.78, 5) is 0. The van der Waals surface area contributed by atoms with Crippen LogP contribution in [0, 0.1) is 0 Å². The second kappa shape index (κ2) is 6.39. The second-order valence-electron chi connectivity index (χ2n) is 4.29. The lowest BCUT2D eigenvalue weighted by molar-refractivity contribution is 0.231. The molecule has 0 heterocycles. The van der Waals surface area contributed by atoms with Crippen LogP contribution in [0.25, 0.3) is 0 Å². The fraction of sp³-hybridized carbons (Fsp3) is 1.00. The van der Waals surface area contributed by atoms with Crippen LogP contribution in [0.4, 0.5) is 0 Å². The van der Waals surface area contributed by atoms with Gasteiger partial charge in [0, 0.05) is 12.1 Å². The molecule has 1 aliphatic rings. The zero-order chi connectivity index (χ0) is 9.52. The Labute approximate surface area is 81.7 Å². The molecule has 0 spiro atoms. The summed E-state index contributed by atoms with van der Waals surface area (Å²) < 4.78 is 0. The Morgan fingerprint density at radius 2 is 1.69 bits per heavy atom. The molecule has 0 aromatic rings. The summed E-state index contributed by atoms with van der Waals surface area (Å²) >= 11 is 0. The first-order valence-corrected chi connectivity index (χ1v) is 5.70. The van der Waals surface area contributed by atoms with Gasteiger partial charge in [0.1, 0.15) is 0 Å². The molecule has 78 valence electrons. The van der Waals surface area contributed by atoms with Crippen molar-refractivity contribution in [3.63, 3.8) is 0 Å². The standard InChI is InChI=1S/C11H23NO/c1-10(9-13)12-11-7-5-3-2-4-6-8-11/h10-13H,2-9H2,1H3. The second-order valence-corrected chi connectivity index (χ2v) is 4.29. The van der Waals surface area contributed by atoms with Crippen LogP contribution in [-0.2, 0) is 0 Å². The van der Waals surface area contributed by atoms with Crippen LogP contribution in [0.2, 0.25) is 0 Å². The highest BCUT2D eigenvalue weighted by Crippen LogP contribution is 2.17. The molecular weight excluding hydrogens is 162 g/mol. The number of hydrogen-bond donors (Lipinski definition) is 2. The van der Waals surface area contributed by atoms with Gasteiger partial charge in [-0.25, -0.2) is 0 Å². The van der Waals surface area contributed by atoms with Crippen LogP contribution in [0.15, 0.2) is 0 Å². The van der Waals surface area contributed by atoms with E-state index in [1.807, 2.05) is 0 Å². The lowest BCUT2D eigenvalue weighted by Gasteiger charge is -2.24. The predicted octanol–water partition coefficient (Wildman–Crippen LogP) is 2.07. The molecule has 2 heteroatoms. The zero-order valence-corrected chi connectivity index (χ0v) is 8.76. The van der Waals surface area contributed by atoms with E-state index in [9.17, 15) is 0 Å². The van der Waals surface area contributed by atoms with Crippen LogP contribution in [0.3, 0.4) is 0 Å². The average Bonchev–Trinajstić information content (AvgIpc) is 2.09. The van der Waals surface area contributed by atoms with Crippen molar-refractivity contribution in [1.29, 1.82) is 0 Å². The van der Waals surface area contributed by atoms with Gasteiger partial charge in [-0.2, -0.15) is 0 Å². The largest absolute Gasteiger partial charge is 0.395 e. The van der Waals surface area contributed by atoms with Crippen LogP contribution in [0.5, 0.6) is 0 Å². The summed E-state index contributed by atoms with van der Waals surface area (Å²) in [6, 6.07) is 0.923. The van der Waals surface area contributed by atoms with Gasteiger partial charge in [0.2, 0.25) is 0 Å². The quantitative estimate of drug-likeness (QED) is 0.705. The number of nitrogens with one attached hydrogen (secondary N) is 1. The summed E-state index contributed by atoms with van der Waals surface area (Å²) in [5.74, 6) is 0. The molecule has 1 unspecified atom stereocenters. The number of hydrogen-bond acceptors (Lipinski definition) is 2. The zero-order valence-electron chi connectivity index (χ0n) is 8.76. The minimum Gasteiger partial charge on any atom is -0.395 e. The molecule has 1 atom stereocenters. The maximum Gasteiger partial charge on any atom is 0.0582 e. The Hall–Kier alpha value is -0.0800. The van der Waals surface area contributed by atoms with Crippen molar-refractivity contribution in [2.75, 3.05) is 6.61 Å². The van der Waals surface area contributed by atoms with Crippen molar-refractivity contribution in [3.05, 3.63) is 0 Å². The SMILES string of the molecule is CC(CO)NC1CCCCCCC1. The van der Waals surface area contributed by atoms with Crippen molar-refractivity contribution in [2.24, 2.45) is 0 Å². The minimum absolute atomic E-state index is 0.260. The average molecular weight is 185 g/mol. The van der Waals surface area contributed by atoms with Gasteiger partial charge in [0.05, 0.1) is 6.61 Å². The monoisotopic (exact) mass is 185 g/mol. The van der Waals surface area contributed by atoms with E-state index in [1.165, 1.54) is 44.9 Å². The lowest BCUT2D eigenvalue weighted by Crippen LogP contribution is -2.38. The fourth-order valence-corrected chi connectivity index (χ4v) is 2.08. The Morgan fingerprint density at radius 3 is 2.23 bits per heavy atom. The highest BCUT2D eigenvalue weighted by atomic mass is 16.3. The van der Waals surface area contributed by atoms with Crippen LogP contribution < -0.4 is 5.32 Å². The number of rotatable bonds is 3. The molecule has 0 amide bonds. The van der Waals surface area contributed by atoms with Gasteiger partial charge in [0.15, 0.2) is 0 Å². The van der Waals surface area contributed by atoms with E-state index in [0.717, 1.165) is 0 Å². The Kier molecular flexibility index (Phi) is 5.40. The van der Waals surface area contributed by atoms with Crippen molar-refractivity contribution in [3.8, 4) is 0 Å². The maximum atomic E-state index is 8.93. The van der Waals surface area contributed by atoms with Crippen molar-refractivity contribution < 1.29 is 5.11 Å². The Bertz CT molecular complexity index is 119. The van der Waals surface area contributed by atoms with E-state index in [4.69, 9.17) is 5.11 Å². The molecule has 1 fully saturated rings. The van der Waals surface area contributed by atoms with Crippen LogP contribution in [-0.4, -0.2) is 23.8 Å². The van der Waals surface area contributed by atoms with E-state index in [1.54, 1.807) is 0 Å². The highest BCUT2D eigenvalue weighted by molar-refractivity contribution is 4.72. The molecule has 0 aromatic heterocycles. The Morgan fingerprint density at radius 1 is 1.15 bits per heavy atom. The first-order chi connectivity index (χ1) is 6.33. The lowest BCUT2D eigenvalue weighted by atomic mass is 9.96. The molecule has 0 aromatic carbocycles. The number of aliphatic hydroxyl groups excluding tert-OH is 1. The molecule has 1 aliphatic carbocycles. The van der Waals surface area contributed by atoms with Crippen LogP contribution in [0.1, 0.15) is 51.9 Å². The molecule has 0 saturated heterocycles. The first-order valence-electron chi connectivity index (χ1n) is 5.70. The summed E-state index contributed by atoms with van der Waals surface area (Å²) in [7, 11) is 0. The summed E-state index contributed by atoms with van der Waals surface area (Å²) in [6.07, 6.45) is 9.51. The first kappa shape index (κ1) is 11.0. The van der Waals surface area contributed by atoms with Gasteiger partial charge >= 0.3 is 0 Å². The Balaban J connectivity index is 2.21. The van der Waals surface area contributed by atoms with Crippen molar-refractivity contribution >= 4 is 0 Å².